The van der Waals surface area contributed by atoms with Gasteiger partial charge >= 0.3 is 51.2 Å². The minimum Gasteiger partial charge on any atom is -0.857 e. The molecule has 389 valence electrons. The van der Waals surface area contributed by atoms with Crippen molar-refractivity contribution in [1.29, 1.82) is 0 Å². The SMILES string of the molecule is [CH]1[CH][CH][CH][CH]1.[CH]1[CH][CH][CH][CH]1.[Cu+2].[Fe+2].[Fe+2].[O-]/C(=N/N=C/[C]1[CH][CH][CH][CH]1)c1cc(OCc2ccccc2)cc(OCc2ccccc2)c1.[O-]/C(=N\N=C\[C]1[CH][CH][CH][CH]1)c1cc(OCc2ccccc2)cc(OCc2ccccc2)c1. The van der Waals surface area contributed by atoms with E-state index < -0.39 is 11.8 Å². The van der Waals surface area contributed by atoms with Gasteiger partial charge in [0.05, 0.1) is 0 Å². The van der Waals surface area contributed by atoms with Gasteiger partial charge in [-0.15, -0.1) is 0 Å². The molecule has 0 heterocycles. The Hall–Kier alpha value is -5.64. The van der Waals surface area contributed by atoms with Crippen molar-refractivity contribution in [2.75, 3.05) is 0 Å². The summed E-state index contributed by atoms with van der Waals surface area (Å²) in [5, 5.41) is 40.7. The first-order valence-corrected chi connectivity index (χ1v) is 23.8. The second kappa shape index (κ2) is 38.0. The Morgan fingerprint density at radius 3 is 0.805 bits per heavy atom. The zero-order valence-electron chi connectivity index (χ0n) is 41.6. The third-order valence-electron chi connectivity index (χ3n) is 10.4. The molecule has 0 unspecified atom stereocenters. The molecule has 0 bridgehead atoms. The Morgan fingerprint density at radius 2 is 0.571 bits per heavy atom. The maximum atomic E-state index is 12.6. The van der Waals surface area contributed by atoms with Crippen LogP contribution in [0.1, 0.15) is 33.4 Å². The molecule has 0 aliphatic heterocycles. The molecule has 4 aliphatic rings. The third kappa shape index (κ3) is 25.1. The number of nitrogens with zero attached hydrogens (tertiary/aromatic N) is 4. The van der Waals surface area contributed by atoms with Gasteiger partial charge in [-0.05, 0) is 173 Å². The van der Waals surface area contributed by atoms with Crippen molar-refractivity contribution in [2.45, 2.75) is 26.4 Å². The summed E-state index contributed by atoms with van der Waals surface area (Å²) in [5.74, 6) is 2.93. The predicted molar refractivity (Wildman–Crippen MR) is 290 cm³/mol. The summed E-state index contributed by atoms with van der Waals surface area (Å²) in [6.45, 7) is 1.51. The molecule has 0 atom stereocenters. The van der Waals surface area contributed by atoms with Crippen LogP contribution in [-0.4, -0.2) is 24.2 Å². The van der Waals surface area contributed by atoms with Gasteiger partial charge in [0.15, 0.2) is 0 Å². The molecule has 4 saturated carbocycles. The van der Waals surface area contributed by atoms with Crippen molar-refractivity contribution in [2.24, 2.45) is 20.4 Å². The van der Waals surface area contributed by atoms with Gasteiger partial charge in [-0.1, -0.05) is 121 Å². The average Bonchev–Trinajstić information content (AvgIpc) is 4.34. The molecule has 0 spiro atoms. The fraction of sp³-hybridized carbons (Fsp3) is 0.0625. The maximum Gasteiger partial charge on any atom is 2.00 e. The minimum atomic E-state index is -0.470. The number of rotatable bonds is 18. The first-order chi connectivity index (χ1) is 36.5. The second-order valence-electron chi connectivity index (χ2n) is 16.1. The van der Waals surface area contributed by atoms with E-state index in [0.29, 0.717) is 60.6 Å². The van der Waals surface area contributed by atoms with E-state index in [9.17, 15) is 10.2 Å². The van der Waals surface area contributed by atoms with E-state index >= 15 is 0 Å². The fourth-order valence-electron chi connectivity index (χ4n) is 6.69. The molecule has 13 heteroatoms. The van der Waals surface area contributed by atoms with Gasteiger partial charge in [0.2, 0.25) is 0 Å². The molecule has 6 aromatic rings. The largest absolute Gasteiger partial charge is 2.00 e. The molecule has 4 aliphatic carbocycles. The smallest absolute Gasteiger partial charge is 0.857 e. The summed E-state index contributed by atoms with van der Waals surface area (Å²) in [6.07, 6.45) is 38.2. The predicted octanol–water partition coefficient (Wildman–Crippen LogP) is 10.7. The Bertz CT molecular complexity index is 2300. The molecule has 0 saturated heterocycles. The van der Waals surface area contributed by atoms with Crippen LogP contribution in [0.2, 0.25) is 0 Å². The third-order valence-corrected chi connectivity index (χ3v) is 10.4. The van der Waals surface area contributed by atoms with Gasteiger partial charge in [0.25, 0.3) is 0 Å². The first-order valence-electron chi connectivity index (χ1n) is 23.8. The van der Waals surface area contributed by atoms with Gasteiger partial charge in [0.1, 0.15) is 49.4 Å². The van der Waals surface area contributed by atoms with Crippen molar-refractivity contribution in [3.05, 3.63) is 319 Å². The number of hydrogen-bond donors (Lipinski definition) is 0. The Morgan fingerprint density at radius 1 is 0.338 bits per heavy atom. The number of ether oxygens (including phenoxy) is 4. The molecule has 10 nitrogen and oxygen atoms in total. The van der Waals surface area contributed by atoms with Crippen molar-refractivity contribution in [3.63, 3.8) is 0 Å². The first kappa shape index (κ1) is 63.9. The van der Waals surface area contributed by atoms with Gasteiger partial charge < -0.3 is 29.2 Å². The van der Waals surface area contributed by atoms with Crippen LogP contribution in [-0.2, 0) is 77.6 Å². The quantitative estimate of drug-likeness (QED) is 0.0364. The Labute approximate surface area is 489 Å². The number of benzene rings is 6. The molecule has 4 fully saturated rings. The van der Waals surface area contributed by atoms with E-state index in [1.165, 1.54) is 0 Å². The summed E-state index contributed by atoms with van der Waals surface area (Å²) in [6, 6.07) is 49.5. The Kier molecular flexibility index (Phi) is 31.5. The van der Waals surface area contributed by atoms with Crippen LogP contribution in [0, 0.1) is 127 Å². The topological polar surface area (TPSA) is 132 Å². The summed E-state index contributed by atoms with van der Waals surface area (Å²) >= 11 is 0. The van der Waals surface area contributed by atoms with E-state index in [0.717, 1.165) is 34.1 Å². The van der Waals surface area contributed by atoms with Crippen LogP contribution in [0.3, 0.4) is 0 Å². The number of hydrogen-bond acceptors (Lipinski definition) is 10. The van der Waals surface area contributed by atoms with Gasteiger partial charge in [0, 0.05) is 48.2 Å². The van der Waals surface area contributed by atoms with Crippen molar-refractivity contribution >= 4 is 24.2 Å². The van der Waals surface area contributed by atoms with Gasteiger partial charge in [-0.2, -0.15) is 20.4 Å². The van der Waals surface area contributed by atoms with Gasteiger partial charge in [-0.3, -0.25) is 0 Å². The molecule has 21 radical (unpaired) electrons. The van der Waals surface area contributed by atoms with Crippen LogP contribution < -0.4 is 29.2 Å². The normalized spacial score (nSPS) is 15.3. The molecular weight excluding hydrogens is 1100 g/mol. The summed E-state index contributed by atoms with van der Waals surface area (Å²) < 4.78 is 23.7. The summed E-state index contributed by atoms with van der Waals surface area (Å²) in [5.41, 5.74) is 4.80. The van der Waals surface area contributed by atoms with E-state index in [1.807, 2.05) is 237 Å². The fourth-order valence-corrected chi connectivity index (χ4v) is 6.69. The van der Waals surface area contributed by atoms with Crippen LogP contribution in [0.25, 0.3) is 0 Å². The van der Waals surface area contributed by atoms with Crippen LogP contribution in [0.4, 0.5) is 0 Å². The summed E-state index contributed by atoms with van der Waals surface area (Å²) in [7, 11) is 0. The maximum absolute atomic E-state index is 12.6. The monoisotopic (exact) mass is 1150 g/mol. The summed E-state index contributed by atoms with van der Waals surface area (Å²) in [4.78, 5) is 0. The zero-order valence-corrected chi connectivity index (χ0v) is 44.8. The molecular formula is C64H54CuFe2N4O6+4. The van der Waals surface area contributed by atoms with E-state index in [1.54, 1.807) is 48.8 Å². The minimum absolute atomic E-state index is 0. The van der Waals surface area contributed by atoms with Crippen LogP contribution in [0.5, 0.6) is 23.0 Å². The molecule has 6 aromatic carbocycles. The zero-order chi connectivity index (χ0) is 51.1. The molecule has 10 rings (SSSR count). The molecule has 0 amide bonds. The van der Waals surface area contributed by atoms with Crippen LogP contribution >= 0.6 is 0 Å². The van der Waals surface area contributed by atoms with Gasteiger partial charge in [-0.25, -0.2) is 0 Å². The van der Waals surface area contributed by atoms with E-state index in [2.05, 4.69) is 20.4 Å². The van der Waals surface area contributed by atoms with Crippen molar-refractivity contribution in [3.8, 4) is 23.0 Å². The van der Waals surface area contributed by atoms with Crippen LogP contribution in [0.15, 0.2) is 178 Å². The second-order valence-corrected chi connectivity index (χ2v) is 16.1. The molecule has 0 aromatic heterocycles. The van der Waals surface area contributed by atoms with E-state index in [4.69, 9.17) is 18.9 Å². The van der Waals surface area contributed by atoms with Crippen molar-refractivity contribution in [1.82, 2.24) is 0 Å². The van der Waals surface area contributed by atoms with Crippen molar-refractivity contribution < 1.29 is 80.4 Å². The average molecular weight is 1150 g/mol. The van der Waals surface area contributed by atoms with E-state index in [-0.39, 0.29) is 51.2 Å². The Balaban J connectivity index is 0.000000271. The standard InChI is InChI=1S/2C27H23N2O3.2C5H5.Cu.2Fe/c2*30-27(29-28-18-21-9-7-8-10-21)24-15-25(31-19-22-11-3-1-4-12-22)17-26(16-24)32-20-23-13-5-2-6-14-23;2*1-2-4-5-3-1;;;/h2*1-18H,19-20H2,(H,29,30);2*1-5H;;;/q;;;;3*+2/p-2/b2*28-18+;;;;;. The molecule has 0 N–H and O–H groups in total. The molecule has 77 heavy (non-hydrogen) atoms.